The van der Waals surface area contributed by atoms with E-state index in [-0.39, 0.29) is 5.88 Å². The van der Waals surface area contributed by atoms with Gasteiger partial charge in [0.1, 0.15) is 16.1 Å². The number of furan rings is 1. The number of fused-ring (bicyclic) bond motifs is 1. The molecule has 1 N–H and O–H groups in total. The molecular weight excluding hydrogens is 280 g/mol. The number of nitrogens with one attached hydrogen (secondary N) is 1. The number of aryl methyl sites for hydroxylation is 1. The lowest BCUT2D eigenvalue weighted by Gasteiger charge is -2.09. The molecule has 0 aliphatic rings. The van der Waals surface area contributed by atoms with E-state index in [9.17, 15) is 10.1 Å². The molecule has 0 radical (unpaired) electrons. The van der Waals surface area contributed by atoms with Gasteiger partial charge in [0.05, 0.1) is 0 Å². The Morgan fingerprint density at radius 2 is 2.00 bits per heavy atom. The fourth-order valence-electron chi connectivity index (χ4n) is 2.69. The van der Waals surface area contributed by atoms with Gasteiger partial charge in [0.25, 0.3) is 0 Å². The minimum atomic E-state index is -0.458. The molecule has 0 bridgehead atoms. The molecule has 0 aliphatic carbocycles. The van der Waals surface area contributed by atoms with Gasteiger partial charge in [0.15, 0.2) is 0 Å². The zero-order chi connectivity index (χ0) is 15.7. The number of nitro groups is 1. The summed E-state index contributed by atoms with van der Waals surface area (Å²) in [6.45, 7) is 2.60. The average molecular weight is 296 g/mol. The molecular formula is C17H16N2O3. The first-order valence-electron chi connectivity index (χ1n) is 7.02. The van der Waals surface area contributed by atoms with Crippen LogP contribution in [-0.2, 0) is 6.54 Å². The molecule has 3 rings (SSSR count). The van der Waals surface area contributed by atoms with E-state index in [4.69, 9.17) is 4.42 Å². The van der Waals surface area contributed by atoms with Crippen molar-refractivity contribution < 1.29 is 9.34 Å². The van der Waals surface area contributed by atoms with Crippen LogP contribution in [0.25, 0.3) is 22.1 Å². The van der Waals surface area contributed by atoms with Crippen molar-refractivity contribution in [3.05, 3.63) is 63.7 Å². The van der Waals surface area contributed by atoms with Gasteiger partial charge in [-0.1, -0.05) is 42.0 Å². The molecule has 22 heavy (non-hydrogen) atoms. The summed E-state index contributed by atoms with van der Waals surface area (Å²) in [6.07, 6.45) is 0. The van der Waals surface area contributed by atoms with E-state index in [1.54, 1.807) is 6.07 Å². The summed E-state index contributed by atoms with van der Waals surface area (Å²) in [5.74, 6) is -0.204. The minimum absolute atomic E-state index is 0.204. The van der Waals surface area contributed by atoms with Crippen LogP contribution in [0.2, 0.25) is 0 Å². The van der Waals surface area contributed by atoms with Gasteiger partial charge >= 0.3 is 5.88 Å². The summed E-state index contributed by atoms with van der Waals surface area (Å²) < 4.78 is 5.47. The highest BCUT2D eigenvalue weighted by Gasteiger charge is 2.26. The van der Waals surface area contributed by atoms with Crippen molar-refractivity contribution in [2.24, 2.45) is 0 Å². The summed E-state index contributed by atoms with van der Waals surface area (Å²) >= 11 is 0. The fourth-order valence-corrected chi connectivity index (χ4v) is 2.69. The third kappa shape index (κ3) is 2.35. The van der Waals surface area contributed by atoms with Crippen LogP contribution >= 0.6 is 0 Å². The molecule has 0 unspecified atom stereocenters. The highest BCUT2D eigenvalue weighted by atomic mass is 16.6. The highest BCUT2D eigenvalue weighted by molar-refractivity contribution is 5.99. The maximum atomic E-state index is 11.4. The number of para-hydroxylation sites is 1. The third-order valence-electron chi connectivity index (χ3n) is 3.64. The van der Waals surface area contributed by atoms with Gasteiger partial charge in [-0.2, -0.15) is 0 Å². The van der Waals surface area contributed by atoms with Crippen LogP contribution < -0.4 is 5.32 Å². The first kappa shape index (κ1) is 14.3. The van der Waals surface area contributed by atoms with Crippen molar-refractivity contribution >= 4 is 16.9 Å². The molecule has 0 amide bonds. The normalized spacial score (nSPS) is 11.0. The maximum Gasteiger partial charge on any atom is 0.442 e. The van der Waals surface area contributed by atoms with Crippen LogP contribution in [0.15, 0.2) is 46.9 Å². The van der Waals surface area contributed by atoms with Crippen molar-refractivity contribution in [3.8, 4) is 11.1 Å². The number of rotatable bonds is 4. The fraction of sp³-hybridized carbons (Fsp3) is 0.176. The maximum absolute atomic E-state index is 11.4. The van der Waals surface area contributed by atoms with E-state index in [0.717, 1.165) is 22.1 Å². The molecule has 0 aliphatic heterocycles. The van der Waals surface area contributed by atoms with Crippen LogP contribution in [0, 0.1) is 17.0 Å². The van der Waals surface area contributed by atoms with Gasteiger partial charge < -0.3 is 9.73 Å². The van der Waals surface area contributed by atoms with Crippen molar-refractivity contribution in [2.45, 2.75) is 13.5 Å². The summed E-state index contributed by atoms with van der Waals surface area (Å²) in [4.78, 5) is 11.0. The molecule has 0 fully saturated rings. The number of nitrogens with zero attached hydrogens (tertiary/aromatic N) is 1. The topological polar surface area (TPSA) is 68.3 Å². The third-order valence-corrected chi connectivity index (χ3v) is 3.64. The molecule has 2 aromatic carbocycles. The first-order chi connectivity index (χ1) is 10.6. The Bertz CT molecular complexity index is 852. The Morgan fingerprint density at radius 3 is 2.73 bits per heavy atom. The zero-order valence-corrected chi connectivity index (χ0v) is 12.4. The quantitative estimate of drug-likeness (QED) is 0.583. The highest BCUT2D eigenvalue weighted by Crippen LogP contribution is 2.41. The van der Waals surface area contributed by atoms with Gasteiger partial charge in [-0.3, -0.25) is 10.1 Å². The summed E-state index contributed by atoms with van der Waals surface area (Å²) in [6, 6.07) is 13.2. The second-order valence-corrected chi connectivity index (χ2v) is 5.23. The van der Waals surface area contributed by atoms with Crippen molar-refractivity contribution in [3.63, 3.8) is 0 Å². The largest absolute Gasteiger partial charge is 0.442 e. The lowest BCUT2D eigenvalue weighted by atomic mass is 9.96. The molecule has 5 heteroatoms. The molecule has 0 saturated heterocycles. The predicted molar refractivity (Wildman–Crippen MR) is 85.8 cm³/mol. The standard InChI is InChI=1S/C17H16N2O3/c1-11-7-8-12(10-18-2)14(9-11)16-13-5-3-4-6-15(13)22-17(16)19(20)21/h3-9,18H,10H2,1-2H3. The van der Waals surface area contributed by atoms with E-state index in [0.29, 0.717) is 17.7 Å². The van der Waals surface area contributed by atoms with E-state index in [1.165, 1.54) is 0 Å². The molecule has 1 aromatic heterocycles. The summed E-state index contributed by atoms with van der Waals surface area (Å²) in [5, 5.41) is 15.3. The van der Waals surface area contributed by atoms with Gasteiger partial charge in [-0.25, -0.2) is 0 Å². The molecule has 0 saturated carbocycles. The Labute approximate surface area is 127 Å². The summed E-state index contributed by atoms with van der Waals surface area (Å²) in [7, 11) is 1.85. The van der Waals surface area contributed by atoms with Gasteiger partial charge in [0.2, 0.25) is 0 Å². The molecule has 3 aromatic rings. The Hall–Kier alpha value is -2.66. The lowest BCUT2D eigenvalue weighted by Crippen LogP contribution is -2.06. The zero-order valence-electron chi connectivity index (χ0n) is 12.4. The molecule has 112 valence electrons. The minimum Gasteiger partial charge on any atom is -0.400 e. The van der Waals surface area contributed by atoms with Crippen molar-refractivity contribution in [2.75, 3.05) is 7.05 Å². The van der Waals surface area contributed by atoms with Gasteiger partial charge in [0, 0.05) is 11.9 Å². The second-order valence-electron chi connectivity index (χ2n) is 5.23. The first-order valence-corrected chi connectivity index (χ1v) is 7.02. The summed E-state index contributed by atoms with van der Waals surface area (Å²) in [5.41, 5.74) is 3.97. The predicted octanol–water partition coefficient (Wildman–Crippen LogP) is 4.04. The lowest BCUT2D eigenvalue weighted by molar-refractivity contribution is -0.400. The van der Waals surface area contributed by atoms with Crippen LogP contribution in [0.4, 0.5) is 5.88 Å². The van der Waals surface area contributed by atoms with Crippen molar-refractivity contribution in [1.82, 2.24) is 5.32 Å². The number of hydrogen-bond donors (Lipinski definition) is 1. The van der Waals surface area contributed by atoms with Crippen LogP contribution in [-0.4, -0.2) is 12.0 Å². The number of hydrogen-bond acceptors (Lipinski definition) is 4. The second kappa shape index (κ2) is 5.61. The molecule has 5 nitrogen and oxygen atoms in total. The van der Waals surface area contributed by atoms with Gasteiger partial charge in [-0.05, 0) is 31.2 Å². The molecule has 1 heterocycles. The number of benzene rings is 2. The van der Waals surface area contributed by atoms with Crippen LogP contribution in [0.5, 0.6) is 0 Å². The van der Waals surface area contributed by atoms with E-state index < -0.39 is 4.92 Å². The Morgan fingerprint density at radius 1 is 1.23 bits per heavy atom. The van der Waals surface area contributed by atoms with Crippen molar-refractivity contribution in [1.29, 1.82) is 0 Å². The Balaban J connectivity index is 2.36. The monoisotopic (exact) mass is 296 g/mol. The molecule has 0 spiro atoms. The average Bonchev–Trinajstić information content (AvgIpc) is 2.89. The van der Waals surface area contributed by atoms with Crippen LogP contribution in [0.1, 0.15) is 11.1 Å². The van der Waals surface area contributed by atoms with E-state index >= 15 is 0 Å². The molecule has 0 atom stereocenters. The van der Waals surface area contributed by atoms with E-state index in [2.05, 4.69) is 5.32 Å². The van der Waals surface area contributed by atoms with Gasteiger partial charge in [-0.15, -0.1) is 0 Å². The SMILES string of the molecule is CNCc1ccc(C)cc1-c1c([N+](=O)[O-])oc2ccccc12. The van der Waals surface area contributed by atoms with E-state index in [1.807, 2.05) is 50.4 Å². The smallest absolute Gasteiger partial charge is 0.400 e. The van der Waals surface area contributed by atoms with Crippen LogP contribution in [0.3, 0.4) is 0 Å². The Kier molecular flexibility index (Phi) is 3.65.